The van der Waals surface area contributed by atoms with Crippen molar-refractivity contribution < 1.29 is 23.8 Å². The number of methoxy groups -OCH3 is 2. The van der Waals surface area contributed by atoms with Crippen molar-refractivity contribution >= 4 is 11.9 Å². The Morgan fingerprint density at radius 1 is 1.04 bits per heavy atom. The summed E-state index contributed by atoms with van der Waals surface area (Å²) in [7, 11) is 2.92. The van der Waals surface area contributed by atoms with Gasteiger partial charge in [0.2, 0.25) is 0 Å². The third-order valence-electron chi connectivity index (χ3n) is 3.81. The van der Waals surface area contributed by atoms with Gasteiger partial charge in [0.15, 0.2) is 0 Å². The van der Waals surface area contributed by atoms with Crippen LogP contribution in [-0.4, -0.2) is 37.7 Å². The Morgan fingerprint density at radius 3 is 2.29 bits per heavy atom. The zero-order chi connectivity index (χ0) is 17.7. The molecule has 1 heterocycles. The summed E-state index contributed by atoms with van der Waals surface area (Å²) in [6.45, 7) is 3.65. The maximum Gasteiger partial charge on any atom is 0.355 e. The fourth-order valence-corrected chi connectivity index (χ4v) is 2.49. The fraction of sp³-hybridized carbons (Fsp3) is 0.333. The maximum absolute atomic E-state index is 12.2. The molecule has 0 amide bonds. The highest BCUT2D eigenvalue weighted by Crippen LogP contribution is 2.19. The third kappa shape index (κ3) is 3.76. The van der Waals surface area contributed by atoms with E-state index in [9.17, 15) is 9.59 Å². The topological polar surface area (TPSA) is 77.6 Å². The molecule has 0 saturated heterocycles. The average Bonchev–Trinajstić information content (AvgIpc) is 2.89. The molecule has 0 aliphatic rings. The van der Waals surface area contributed by atoms with Gasteiger partial charge in [-0.25, -0.2) is 9.59 Å². The van der Waals surface area contributed by atoms with Crippen molar-refractivity contribution in [2.45, 2.75) is 20.3 Å². The number of carbonyl (C=O) groups excluding carboxylic acids is 2. The molecule has 6 nitrogen and oxygen atoms in total. The van der Waals surface area contributed by atoms with Crippen LogP contribution in [0.25, 0.3) is 0 Å². The van der Waals surface area contributed by atoms with E-state index < -0.39 is 11.9 Å². The first-order chi connectivity index (χ1) is 11.5. The predicted octanol–water partition coefficient (Wildman–Crippen LogP) is 2.83. The van der Waals surface area contributed by atoms with Gasteiger partial charge in [-0.05, 0) is 37.1 Å². The minimum absolute atomic E-state index is 0.246. The molecule has 0 aliphatic heterocycles. The minimum Gasteiger partial charge on any atom is -0.497 e. The molecule has 0 atom stereocenters. The van der Waals surface area contributed by atoms with Crippen LogP contribution < -0.4 is 4.74 Å². The number of ether oxygens (including phenoxy) is 3. The average molecular weight is 331 g/mol. The number of esters is 2. The number of rotatable bonds is 6. The zero-order valence-corrected chi connectivity index (χ0v) is 14.3. The van der Waals surface area contributed by atoms with Crippen molar-refractivity contribution in [2.75, 3.05) is 20.8 Å². The van der Waals surface area contributed by atoms with Gasteiger partial charge < -0.3 is 19.2 Å². The lowest BCUT2D eigenvalue weighted by atomic mass is 10.1. The van der Waals surface area contributed by atoms with Crippen LogP contribution >= 0.6 is 0 Å². The van der Waals surface area contributed by atoms with Gasteiger partial charge in [-0.2, -0.15) is 0 Å². The fourth-order valence-electron chi connectivity index (χ4n) is 2.49. The van der Waals surface area contributed by atoms with E-state index in [1.807, 2.05) is 24.3 Å². The molecule has 0 aliphatic carbocycles. The maximum atomic E-state index is 12.2. The monoisotopic (exact) mass is 331 g/mol. The first-order valence-electron chi connectivity index (χ1n) is 7.55. The van der Waals surface area contributed by atoms with Crippen LogP contribution in [0.3, 0.4) is 0 Å². The molecule has 1 aromatic heterocycles. The molecule has 0 spiro atoms. The van der Waals surface area contributed by atoms with Crippen molar-refractivity contribution in [3.63, 3.8) is 0 Å². The molecule has 6 heteroatoms. The van der Waals surface area contributed by atoms with Crippen molar-refractivity contribution in [2.24, 2.45) is 0 Å². The van der Waals surface area contributed by atoms with Crippen molar-refractivity contribution in [1.29, 1.82) is 0 Å². The predicted molar refractivity (Wildman–Crippen MR) is 88.6 cm³/mol. The number of aromatic nitrogens is 1. The molecule has 0 unspecified atom stereocenters. The molecule has 0 bridgehead atoms. The quantitative estimate of drug-likeness (QED) is 0.824. The van der Waals surface area contributed by atoms with Gasteiger partial charge in [0, 0.05) is 12.1 Å². The van der Waals surface area contributed by atoms with Gasteiger partial charge in [-0.3, -0.25) is 0 Å². The van der Waals surface area contributed by atoms with E-state index in [2.05, 4.69) is 4.98 Å². The molecular weight excluding hydrogens is 310 g/mol. The Bertz CT molecular complexity index is 731. The number of aryl methyl sites for hydroxylation is 1. The lowest BCUT2D eigenvalue weighted by molar-refractivity contribution is 0.0502. The molecule has 1 N–H and O–H groups in total. The lowest BCUT2D eigenvalue weighted by Crippen LogP contribution is -2.10. The van der Waals surface area contributed by atoms with E-state index in [0.717, 1.165) is 11.3 Å². The first-order valence-corrected chi connectivity index (χ1v) is 7.55. The number of hydrogen-bond donors (Lipinski definition) is 1. The summed E-state index contributed by atoms with van der Waals surface area (Å²) in [5.74, 6) is -0.179. The van der Waals surface area contributed by atoms with Crippen LogP contribution in [0, 0.1) is 13.8 Å². The van der Waals surface area contributed by atoms with Crippen LogP contribution in [0.2, 0.25) is 0 Å². The molecule has 0 saturated carbocycles. The summed E-state index contributed by atoms with van der Waals surface area (Å²) >= 11 is 0. The molecule has 1 aromatic carbocycles. The number of carbonyl (C=O) groups is 2. The minimum atomic E-state index is -0.487. The van der Waals surface area contributed by atoms with Gasteiger partial charge in [-0.1, -0.05) is 12.1 Å². The standard InChI is InChI=1S/C18H21NO5/c1-11-15(17(20)23-4)12(2)19-16(11)18(21)24-10-9-13-5-7-14(22-3)8-6-13/h5-8,19H,9-10H2,1-4H3. The molecule has 24 heavy (non-hydrogen) atoms. The SMILES string of the molecule is COC(=O)c1c(C)[nH]c(C(=O)OCCc2ccc(OC)cc2)c1C. The summed E-state index contributed by atoms with van der Waals surface area (Å²) in [5.41, 5.74) is 2.82. The van der Waals surface area contributed by atoms with E-state index in [1.165, 1.54) is 7.11 Å². The van der Waals surface area contributed by atoms with E-state index >= 15 is 0 Å². The van der Waals surface area contributed by atoms with E-state index in [4.69, 9.17) is 14.2 Å². The molecule has 0 fully saturated rings. The highest BCUT2D eigenvalue weighted by Gasteiger charge is 2.23. The number of benzene rings is 1. The Morgan fingerprint density at radius 2 is 1.71 bits per heavy atom. The summed E-state index contributed by atoms with van der Waals surface area (Å²) in [4.78, 5) is 26.8. The zero-order valence-electron chi connectivity index (χ0n) is 14.3. The number of nitrogens with one attached hydrogen (secondary N) is 1. The second kappa shape index (κ2) is 7.68. The summed E-state index contributed by atoms with van der Waals surface area (Å²) in [6, 6.07) is 7.56. The molecular formula is C18H21NO5. The van der Waals surface area contributed by atoms with Crippen molar-refractivity contribution in [3.05, 3.63) is 52.3 Å². The van der Waals surface area contributed by atoms with Gasteiger partial charge in [0.1, 0.15) is 11.4 Å². The van der Waals surface area contributed by atoms with Gasteiger partial charge in [-0.15, -0.1) is 0 Å². The van der Waals surface area contributed by atoms with E-state index in [-0.39, 0.29) is 12.3 Å². The molecule has 0 radical (unpaired) electrons. The lowest BCUT2D eigenvalue weighted by Gasteiger charge is -2.06. The largest absolute Gasteiger partial charge is 0.497 e. The van der Waals surface area contributed by atoms with Gasteiger partial charge >= 0.3 is 11.9 Å². The van der Waals surface area contributed by atoms with Crippen LogP contribution in [0.15, 0.2) is 24.3 Å². The van der Waals surface area contributed by atoms with Gasteiger partial charge in [0.05, 0.1) is 26.4 Å². The molecule has 128 valence electrons. The van der Waals surface area contributed by atoms with E-state index in [0.29, 0.717) is 23.2 Å². The van der Waals surface area contributed by atoms with Gasteiger partial charge in [0.25, 0.3) is 0 Å². The van der Waals surface area contributed by atoms with Crippen LogP contribution in [0.4, 0.5) is 0 Å². The van der Waals surface area contributed by atoms with Crippen molar-refractivity contribution in [1.82, 2.24) is 4.98 Å². The number of aromatic amines is 1. The van der Waals surface area contributed by atoms with Crippen LogP contribution in [0.1, 0.15) is 37.7 Å². The summed E-state index contributed by atoms with van der Waals surface area (Å²) in [5, 5.41) is 0. The highest BCUT2D eigenvalue weighted by atomic mass is 16.5. The highest BCUT2D eigenvalue weighted by molar-refractivity contribution is 5.98. The Kier molecular flexibility index (Phi) is 5.63. The van der Waals surface area contributed by atoms with Crippen LogP contribution in [-0.2, 0) is 15.9 Å². The smallest absolute Gasteiger partial charge is 0.355 e. The number of hydrogen-bond acceptors (Lipinski definition) is 5. The third-order valence-corrected chi connectivity index (χ3v) is 3.81. The molecule has 2 aromatic rings. The Hall–Kier alpha value is -2.76. The van der Waals surface area contributed by atoms with Crippen LogP contribution in [0.5, 0.6) is 5.75 Å². The first kappa shape index (κ1) is 17.6. The Balaban J connectivity index is 1.98. The second-order valence-corrected chi connectivity index (χ2v) is 5.35. The summed E-state index contributed by atoms with van der Waals surface area (Å²) < 4.78 is 15.1. The Labute approximate surface area is 140 Å². The number of H-pyrrole nitrogens is 1. The molecule has 2 rings (SSSR count). The second-order valence-electron chi connectivity index (χ2n) is 5.35. The van der Waals surface area contributed by atoms with Crippen molar-refractivity contribution in [3.8, 4) is 5.75 Å². The normalized spacial score (nSPS) is 10.3. The summed E-state index contributed by atoms with van der Waals surface area (Å²) in [6.07, 6.45) is 0.596. The van der Waals surface area contributed by atoms with E-state index in [1.54, 1.807) is 21.0 Å².